The summed E-state index contributed by atoms with van der Waals surface area (Å²) >= 11 is 0. The predicted molar refractivity (Wildman–Crippen MR) is 46.3 cm³/mol. The number of aromatic nitrogens is 2. The SMILES string of the molecule is Cc1cnc2n(c1=O)CCCN2. The maximum atomic E-state index is 11.5. The fourth-order valence-corrected chi connectivity index (χ4v) is 1.38. The molecule has 0 saturated carbocycles. The molecule has 0 spiro atoms. The van der Waals surface area contributed by atoms with Gasteiger partial charge in [0.05, 0.1) is 0 Å². The fourth-order valence-electron chi connectivity index (χ4n) is 1.38. The van der Waals surface area contributed by atoms with E-state index in [-0.39, 0.29) is 5.56 Å². The predicted octanol–water partition coefficient (Wildman–Crippen LogP) is 0.367. The molecule has 0 atom stereocenters. The zero-order valence-electron chi connectivity index (χ0n) is 7.00. The van der Waals surface area contributed by atoms with Crippen molar-refractivity contribution in [3.05, 3.63) is 22.1 Å². The van der Waals surface area contributed by atoms with E-state index in [0.29, 0.717) is 11.5 Å². The minimum atomic E-state index is 0.0761. The summed E-state index contributed by atoms with van der Waals surface area (Å²) in [6, 6.07) is 0. The van der Waals surface area contributed by atoms with Gasteiger partial charge >= 0.3 is 0 Å². The summed E-state index contributed by atoms with van der Waals surface area (Å²) in [7, 11) is 0. The van der Waals surface area contributed by atoms with Gasteiger partial charge in [0, 0.05) is 24.8 Å². The molecule has 0 fully saturated rings. The average Bonchev–Trinajstić information content (AvgIpc) is 2.12. The maximum Gasteiger partial charge on any atom is 0.257 e. The van der Waals surface area contributed by atoms with Crippen LogP contribution in [0.25, 0.3) is 0 Å². The normalized spacial score (nSPS) is 15.1. The minimum Gasteiger partial charge on any atom is -0.356 e. The third-order valence-corrected chi connectivity index (χ3v) is 2.06. The van der Waals surface area contributed by atoms with Crippen molar-refractivity contribution >= 4 is 5.95 Å². The topological polar surface area (TPSA) is 46.9 Å². The first-order valence-corrected chi connectivity index (χ1v) is 4.09. The Balaban J connectivity index is 2.62. The molecule has 4 nitrogen and oxygen atoms in total. The Morgan fingerprint density at radius 3 is 3.33 bits per heavy atom. The highest BCUT2D eigenvalue weighted by atomic mass is 16.1. The van der Waals surface area contributed by atoms with Gasteiger partial charge in [0.2, 0.25) is 5.95 Å². The minimum absolute atomic E-state index is 0.0761. The van der Waals surface area contributed by atoms with Crippen molar-refractivity contribution in [1.82, 2.24) is 9.55 Å². The number of anilines is 1. The summed E-state index contributed by atoms with van der Waals surface area (Å²) in [5, 5.41) is 3.08. The molecule has 1 aliphatic heterocycles. The third kappa shape index (κ3) is 0.995. The Bertz CT molecular complexity index is 356. The van der Waals surface area contributed by atoms with Crippen molar-refractivity contribution in [3.63, 3.8) is 0 Å². The second kappa shape index (κ2) is 2.62. The van der Waals surface area contributed by atoms with Gasteiger partial charge < -0.3 is 5.32 Å². The van der Waals surface area contributed by atoms with Gasteiger partial charge in [-0.3, -0.25) is 9.36 Å². The molecule has 1 aromatic rings. The van der Waals surface area contributed by atoms with Crippen LogP contribution in [0.3, 0.4) is 0 Å². The Morgan fingerprint density at radius 1 is 1.67 bits per heavy atom. The molecule has 12 heavy (non-hydrogen) atoms. The smallest absolute Gasteiger partial charge is 0.257 e. The lowest BCUT2D eigenvalue weighted by molar-refractivity contribution is 0.593. The lowest BCUT2D eigenvalue weighted by Crippen LogP contribution is -2.31. The van der Waals surface area contributed by atoms with Crippen molar-refractivity contribution in [2.24, 2.45) is 0 Å². The van der Waals surface area contributed by atoms with Crippen LogP contribution in [0.5, 0.6) is 0 Å². The van der Waals surface area contributed by atoms with Crippen LogP contribution in [0.2, 0.25) is 0 Å². The van der Waals surface area contributed by atoms with Crippen LogP contribution in [0.1, 0.15) is 12.0 Å². The lowest BCUT2D eigenvalue weighted by atomic mass is 10.3. The van der Waals surface area contributed by atoms with E-state index in [1.54, 1.807) is 17.7 Å². The first-order valence-electron chi connectivity index (χ1n) is 4.09. The Kier molecular flexibility index (Phi) is 1.60. The Morgan fingerprint density at radius 2 is 2.50 bits per heavy atom. The molecule has 0 amide bonds. The van der Waals surface area contributed by atoms with Crippen molar-refractivity contribution < 1.29 is 0 Å². The molecule has 0 unspecified atom stereocenters. The molecular weight excluding hydrogens is 154 g/mol. The molecule has 64 valence electrons. The summed E-state index contributed by atoms with van der Waals surface area (Å²) in [5.74, 6) is 0.705. The maximum absolute atomic E-state index is 11.5. The summed E-state index contributed by atoms with van der Waals surface area (Å²) < 4.78 is 1.69. The average molecular weight is 165 g/mol. The molecule has 0 bridgehead atoms. The summed E-state index contributed by atoms with van der Waals surface area (Å²) in [5.41, 5.74) is 0.787. The van der Waals surface area contributed by atoms with E-state index in [9.17, 15) is 4.79 Å². The summed E-state index contributed by atoms with van der Waals surface area (Å²) in [4.78, 5) is 15.6. The van der Waals surface area contributed by atoms with Gasteiger partial charge in [-0.1, -0.05) is 0 Å². The van der Waals surface area contributed by atoms with Crippen LogP contribution >= 0.6 is 0 Å². The molecule has 4 heteroatoms. The number of nitrogens with zero attached hydrogens (tertiary/aromatic N) is 2. The van der Waals surface area contributed by atoms with Gasteiger partial charge in [0.25, 0.3) is 5.56 Å². The summed E-state index contributed by atoms with van der Waals surface area (Å²) in [6.45, 7) is 3.49. The van der Waals surface area contributed by atoms with Gasteiger partial charge in [0.1, 0.15) is 0 Å². The molecule has 2 heterocycles. The van der Waals surface area contributed by atoms with E-state index < -0.39 is 0 Å². The van der Waals surface area contributed by atoms with E-state index in [4.69, 9.17) is 0 Å². The lowest BCUT2D eigenvalue weighted by Gasteiger charge is -2.18. The van der Waals surface area contributed by atoms with E-state index in [2.05, 4.69) is 10.3 Å². The highest BCUT2D eigenvalue weighted by Crippen LogP contribution is 2.06. The molecule has 2 rings (SSSR count). The van der Waals surface area contributed by atoms with Crippen LogP contribution in [0, 0.1) is 6.92 Å². The zero-order chi connectivity index (χ0) is 8.55. The molecule has 0 saturated heterocycles. The van der Waals surface area contributed by atoms with Gasteiger partial charge in [-0.15, -0.1) is 0 Å². The third-order valence-electron chi connectivity index (χ3n) is 2.06. The van der Waals surface area contributed by atoms with Gasteiger partial charge in [-0.2, -0.15) is 0 Å². The van der Waals surface area contributed by atoms with E-state index >= 15 is 0 Å². The highest BCUT2D eigenvalue weighted by molar-refractivity contribution is 5.28. The van der Waals surface area contributed by atoms with Gasteiger partial charge in [-0.05, 0) is 13.3 Å². The largest absolute Gasteiger partial charge is 0.356 e. The number of rotatable bonds is 0. The van der Waals surface area contributed by atoms with E-state index in [1.165, 1.54) is 0 Å². The van der Waals surface area contributed by atoms with Crippen LogP contribution in [-0.2, 0) is 6.54 Å². The van der Waals surface area contributed by atoms with Crippen LogP contribution in [0.4, 0.5) is 5.95 Å². The monoisotopic (exact) mass is 165 g/mol. The van der Waals surface area contributed by atoms with E-state index in [1.807, 2.05) is 0 Å². The number of hydrogen-bond donors (Lipinski definition) is 1. The molecule has 1 aromatic heterocycles. The molecule has 0 aromatic carbocycles. The first kappa shape index (κ1) is 7.34. The van der Waals surface area contributed by atoms with Crippen molar-refractivity contribution in [2.75, 3.05) is 11.9 Å². The van der Waals surface area contributed by atoms with Gasteiger partial charge in [0.15, 0.2) is 0 Å². The Labute approximate surface area is 70.2 Å². The Hall–Kier alpha value is -1.32. The molecule has 1 aliphatic rings. The fraction of sp³-hybridized carbons (Fsp3) is 0.500. The van der Waals surface area contributed by atoms with Crippen LogP contribution in [-0.4, -0.2) is 16.1 Å². The number of nitrogens with one attached hydrogen (secondary N) is 1. The highest BCUT2D eigenvalue weighted by Gasteiger charge is 2.10. The molecule has 1 N–H and O–H groups in total. The standard InChI is InChI=1S/C8H11N3O/c1-6-5-10-8-9-3-2-4-11(8)7(6)12/h5H,2-4H2,1H3,(H,9,10). The van der Waals surface area contributed by atoms with E-state index in [0.717, 1.165) is 19.5 Å². The van der Waals surface area contributed by atoms with Crippen molar-refractivity contribution in [3.8, 4) is 0 Å². The van der Waals surface area contributed by atoms with Crippen molar-refractivity contribution in [1.29, 1.82) is 0 Å². The number of hydrogen-bond acceptors (Lipinski definition) is 3. The molecule has 0 radical (unpaired) electrons. The number of aryl methyl sites for hydroxylation is 1. The van der Waals surface area contributed by atoms with Crippen LogP contribution < -0.4 is 10.9 Å². The quantitative estimate of drug-likeness (QED) is 0.604. The molecule has 0 aliphatic carbocycles. The van der Waals surface area contributed by atoms with Gasteiger partial charge in [-0.25, -0.2) is 4.98 Å². The molecular formula is C8H11N3O. The second-order valence-corrected chi connectivity index (χ2v) is 3.00. The first-order chi connectivity index (χ1) is 5.79. The zero-order valence-corrected chi connectivity index (χ0v) is 7.00. The number of fused-ring (bicyclic) bond motifs is 1. The second-order valence-electron chi connectivity index (χ2n) is 3.00. The van der Waals surface area contributed by atoms with Crippen molar-refractivity contribution in [2.45, 2.75) is 19.9 Å². The summed E-state index contributed by atoms with van der Waals surface area (Å²) in [6.07, 6.45) is 2.62. The van der Waals surface area contributed by atoms with Crippen LogP contribution in [0.15, 0.2) is 11.0 Å².